The maximum Gasteiger partial charge on any atom is 0.417 e. The molecule has 1 aromatic heterocycles. The third-order valence-corrected chi connectivity index (χ3v) is 12.7. The van der Waals surface area contributed by atoms with E-state index in [2.05, 4.69) is 10.4 Å². The van der Waals surface area contributed by atoms with E-state index in [1.807, 2.05) is 6.08 Å². The zero-order valence-electron chi connectivity index (χ0n) is 29.3. The summed E-state index contributed by atoms with van der Waals surface area (Å²) in [4.78, 5) is 64.2. The van der Waals surface area contributed by atoms with Crippen molar-refractivity contribution in [2.75, 3.05) is 10.3 Å². The molecule has 2 saturated heterocycles. The molecule has 15 heteroatoms. The number of carbonyl (C=O) groups is 4. The van der Waals surface area contributed by atoms with E-state index in [4.69, 9.17) is 34.8 Å². The number of halogens is 6. The monoisotopic (exact) mass is 830 g/mol. The second-order valence-electron chi connectivity index (χ2n) is 14.6. The minimum absolute atomic E-state index is 0.0215. The number of benzene rings is 4. The third-order valence-electron chi connectivity index (χ3n) is 11.9. The van der Waals surface area contributed by atoms with Crippen LogP contribution in [0.5, 0.6) is 5.75 Å². The Bertz CT molecular complexity index is 2590. The fraction of sp³-hybridized carbons (Fsp3) is 0.214. The van der Waals surface area contributed by atoms with Gasteiger partial charge in [-0.15, -0.1) is 0 Å². The number of anilines is 2. The number of imide groups is 2. The highest BCUT2D eigenvalue weighted by Gasteiger charge is 2.70. The fourth-order valence-corrected chi connectivity index (χ4v) is 9.99. The molecule has 9 rings (SSSR count). The van der Waals surface area contributed by atoms with Gasteiger partial charge >= 0.3 is 6.18 Å². The molecule has 1 saturated carbocycles. The molecule has 2 N–H and O–H groups in total. The molecule has 4 aliphatic rings. The van der Waals surface area contributed by atoms with E-state index in [9.17, 15) is 32.7 Å². The highest BCUT2D eigenvalue weighted by atomic mass is 35.5. The summed E-state index contributed by atoms with van der Waals surface area (Å²) in [5.41, 5.74) is 1.75. The molecule has 5 aromatic rings. The number of aromatic nitrogens is 1. The van der Waals surface area contributed by atoms with Crippen molar-refractivity contribution in [3.8, 4) is 5.75 Å². The zero-order chi connectivity index (χ0) is 40.1. The Morgan fingerprint density at radius 2 is 1.47 bits per heavy atom. The van der Waals surface area contributed by atoms with Crippen LogP contribution in [0.4, 0.5) is 24.7 Å². The number of amides is 4. The summed E-state index contributed by atoms with van der Waals surface area (Å²) in [6.07, 6.45) is -2.21. The standard InChI is InChI=1S/C42H28Cl3F3N4O5/c43-22-7-5-20(6-8-22)41-31(38(55)52(40(41)57)50-36-32(45)17-21(19-49-36)42(46,47)48)18-30-28(35(41)27-15-16-33(53)26-4-2-1-3-25(26)27)13-14-29-34(30)39(56)51(37(29)54)24-11-9-23(44)10-12-24/h1-13,15-17,19,29-31,34-35,53H,14,18H2,(H,49,50). The van der Waals surface area contributed by atoms with E-state index < -0.39 is 75.4 Å². The van der Waals surface area contributed by atoms with Gasteiger partial charge in [0.1, 0.15) is 5.75 Å². The Labute approximate surface area is 337 Å². The van der Waals surface area contributed by atoms with Crippen LogP contribution in [0.25, 0.3) is 10.8 Å². The second kappa shape index (κ2) is 13.3. The molecule has 6 unspecified atom stereocenters. The predicted octanol–water partition coefficient (Wildman–Crippen LogP) is 9.11. The largest absolute Gasteiger partial charge is 0.507 e. The summed E-state index contributed by atoms with van der Waals surface area (Å²) in [5.74, 6) is -7.29. The number of fused-ring (bicyclic) bond motifs is 5. The Morgan fingerprint density at radius 3 is 2.14 bits per heavy atom. The number of allylic oxidation sites excluding steroid dienone is 2. The average Bonchev–Trinajstić information content (AvgIpc) is 3.57. The van der Waals surface area contributed by atoms with Crippen molar-refractivity contribution in [2.24, 2.45) is 23.7 Å². The molecule has 3 fully saturated rings. The number of hydrogen-bond acceptors (Lipinski definition) is 7. The van der Waals surface area contributed by atoms with Gasteiger partial charge in [-0.3, -0.25) is 29.5 Å². The highest BCUT2D eigenvalue weighted by molar-refractivity contribution is 6.33. The van der Waals surface area contributed by atoms with Crippen molar-refractivity contribution < 1.29 is 37.5 Å². The number of alkyl halides is 3. The first-order valence-corrected chi connectivity index (χ1v) is 19.0. The molecule has 4 aromatic carbocycles. The third kappa shape index (κ3) is 5.55. The molecule has 2 aliphatic carbocycles. The molecule has 4 amide bonds. The van der Waals surface area contributed by atoms with Gasteiger partial charge in [-0.2, -0.15) is 18.2 Å². The van der Waals surface area contributed by atoms with E-state index >= 15 is 4.79 Å². The molecule has 0 radical (unpaired) electrons. The van der Waals surface area contributed by atoms with Gasteiger partial charge in [-0.1, -0.05) is 88.9 Å². The van der Waals surface area contributed by atoms with E-state index in [0.29, 0.717) is 55.5 Å². The minimum Gasteiger partial charge on any atom is -0.507 e. The van der Waals surface area contributed by atoms with Gasteiger partial charge in [-0.25, -0.2) is 4.98 Å². The lowest BCUT2D eigenvalue weighted by Crippen LogP contribution is -2.53. The van der Waals surface area contributed by atoms with Crippen molar-refractivity contribution >= 4 is 80.7 Å². The first kappa shape index (κ1) is 37.2. The molecule has 6 atom stereocenters. The number of pyridine rings is 1. The lowest BCUT2D eigenvalue weighted by molar-refractivity contribution is -0.139. The Kier molecular flexibility index (Phi) is 8.69. The molecule has 0 bridgehead atoms. The molecule has 0 spiro atoms. The summed E-state index contributed by atoms with van der Waals surface area (Å²) >= 11 is 18.8. The van der Waals surface area contributed by atoms with Crippen molar-refractivity contribution in [3.63, 3.8) is 0 Å². The number of nitrogens with one attached hydrogen (secondary N) is 1. The Balaban J connectivity index is 1.26. The number of hydrogen-bond donors (Lipinski definition) is 2. The van der Waals surface area contributed by atoms with E-state index in [1.54, 1.807) is 78.9 Å². The number of phenolic OH excluding ortho intramolecular Hbond substituents is 1. The normalized spacial score (nSPS) is 25.7. The van der Waals surface area contributed by atoms with Gasteiger partial charge in [0, 0.05) is 27.5 Å². The first-order valence-electron chi connectivity index (χ1n) is 17.9. The molecule has 2 aliphatic heterocycles. The number of rotatable bonds is 5. The summed E-state index contributed by atoms with van der Waals surface area (Å²) in [6, 6.07) is 23.7. The summed E-state index contributed by atoms with van der Waals surface area (Å²) in [6.45, 7) is 0. The summed E-state index contributed by atoms with van der Waals surface area (Å²) in [5, 5.41) is 13.1. The quantitative estimate of drug-likeness (QED) is 0.134. The Hall–Kier alpha value is -5.43. The predicted molar refractivity (Wildman–Crippen MR) is 206 cm³/mol. The molecule has 3 heterocycles. The number of nitrogens with zero attached hydrogens (tertiary/aromatic N) is 3. The molecule has 57 heavy (non-hydrogen) atoms. The summed E-state index contributed by atoms with van der Waals surface area (Å²) < 4.78 is 40.6. The van der Waals surface area contributed by atoms with Crippen LogP contribution in [0, 0.1) is 23.7 Å². The number of phenols is 1. The van der Waals surface area contributed by atoms with Crippen LogP contribution < -0.4 is 10.3 Å². The number of aromatic hydroxyl groups is 1. The van der Waals surface area contributed by atoms with Gasteiger partial charge in [0.15, 0.2) is 5.82 Å². The van der Waals surface area contributed by atoms with E-state index in [0.717, 1.165) is 9.91 Å². The lowest BCUT2D eigenvalue weighted by atomic mass is 9.49. The number of hydrazine groups is 1. The van der Waals surface area contributed by atoms with Crippen molar-refractivity contribution in [1.82, 2.24) is 9.99 Å². The van der Waals surface area contributed by atoms with Gasteiger partial charge in [0.05, 0.1) is 39.4 Å². The maximum atomic E-state index is 15.5. The van der Waals surface area contributed by atoms with Gasteiger partial charge in [0.25, 0.3) is 11.8 Å². The average molecular weight is 832 g/mol. The second-order valence-corrected chi connectivity index (χ2v) is 15.9. The van der Waals surface area contributed by atoms with Gasteiger partial charge in [0.2, 0.25) is 11.8 Å². The fourth-order valence-electron chi connectivity index (χ4n) is 9.53. The molecule has 288 valence electrons. The molecular weight excluding hydrogens is 804 g/mol. The lowest BCUT2D eigenvalue weighted by Gasteiger charge is -2.51. The van der Waals surface area contributed by atoms with E-state index in [-0.39, 0.29) is 24.4 Å². The van der Waals surface area contributed by atoms with Crippen molar-refractivity contribution in [3.05, 3.63) is 141 Å². The highest BCUT2D eigenvalue weighted by Crippen LogP contribution is 2.65. The smallest absolute Gasteiger partial charge is 0.417 e. The molecule has 9 nitrogen and oxygen atoms in total. The van der Waals surface area contributed by atoms with Crippen LogP contribution in [-0.4, -0.2) is 38.7 Å². The van der Waals surface area contributed by atoms with Crippen LogP contribution in [0.1, 0.15) is 35.4 Å². The Morgan fingerprint density at radius 1 is 0.807 bits per heavy atom. The van der Waals surface area contributed by atoms with Crippen molar-refractivity contribution in [1.29, 1.82) is 0 Å². The van der Waals surface area contributed by atoms with E-state index in [1.165, 1.54) is 6.07 Å². The maximum absolute atomic E-state index is 15.5. The van der Waals surface area contributed by atoms with Crippen LogP contribution in [0.2, 0.25) is 15.1 Å². The topological polar surface area (TPSA) is 120 Å². The van der Waals surface area contributed by atoms with Crippen LogP contribution >= 0.6 is 34.8 Å². The zero-order valence-corrected chi connectivity index (χ0v) is 31.6. The first-order chi connectivity index (χ1) is 27.2. The van der Waals surface area contributed by atoms with Crippen LogP contribution in [-0.2, 0) is 30.8 Å². The minimum atomic E-state index is -4.76. The van der Waals surface area contributed by atoms with Crippen LogP contribution in [0.15, 0.2) is 109 Å². The van der Waals surface area contributed by atoms with Gasteiger partial charge < -0.3 is 5.11 Å². The van der Waals surface area contributed by atoms with Gasteiger partial charge in [-0.05, 0) is 83.8 Å². The molecular formula is C42H28Cl3F3N4O5. The summed E-state index contributed by atoms with van der Waals surface area (Å²) in [7, 11) is 0. The van der Waals surface area contributed by atoms with Crippen molar-refractivity contribution in [2.45, 2.75) is 30.4 Å². The number of carbonyl (C=O) groups excluding carboxylic acids is 4. The van der Waals surface area contributed by atoms with Crippen LogP contribution in [0.3, 0.4) is 0 Å². The SMILES string of the molecule is O=C1C2CC3C(=CCC4C(=O)N(c5ccc(Cl)cc5)C(=O)C43)C(c3ccc(O)c4ccccc34)C2(c2ccc(Cl)cc2)C(=O)N1Nc1ncc(C(F)(F)F)cc1Cl.